The highest BCUT2D eigenvalue weighted by Gasteiger charge is 2.47. The van der Waals surface area contributed by atoms with Gasteiger partial charge < -0.3 is 84.3 Å². The summed E-state index contributed by atoms with van der Waals surface area (Å²) in [5, 5.41) is 112. The van der Waals surface area contributed by atoms with E-state index < -0.39 is 126 Å². The predicted molar refractivity (Wildman–Crippen MR) is 183 cm³/mol. The number of ether oxygens (including phenoxy) is 5. The number of aromatic hydroxyl groups is 4. The second kappa shape index (κ2) is 16.1. The number of hydrogen-bond donors (Lipinski definition) is 11. The maximum Gasteiger partial charge on any atom is 0.330 e. The van der Waals surface area contributed by atoms with E-state index >= 15 is 0 Å². The lowest BCUT2D eigenvalue weighted by atomic mass is 9.99. The smallest absolute Gasteiger partial charge is 0.330 e. The number of carbonyl (C=O) groups is 1. The fourth-order valence-electron chi connectivity index (χ4n) is 5.82. The lowest BCUT2D eigenvalue weighted by Gasteiger charge is -2.39. The van der Waals surface area contributed by atoms with Gasteiger partial charge in [-0.2, -0.15) is 0 Å². The quantitative estimate of drug-likeness (QED) is 0.0518. The Labute approximate surface area is 308 Å². The Balaban J connectivity index is 1.31. The molecular weight excluding hydrogens is 736 g/mol. The third-order valence-electron chi connectivity index (χ3n) is 8.84. The van der Waals surface area contributed by atoms with Gasteiger partial charge in [0, 0.05) is 23.8 Å². The summed E-state index contributed by atoms with van der Waals surface area (Å²) in [6, 6.07) is 11.0. The zero-order chi connectivity index (χ0) is 39.7. The van der Waals surface area contributed by atoms with Gasteiger partial charge in [-0.1, -0.05) is 12.1 Å². The van der Waals surface area contributed by atoms with Crippen LogP contribution in [0.2, 0.25) is 0 Å². The van der Waals surface area contributed by atoms with Gasteiger partial charge in [0.25, 0.3) is 0 Å². The van der Waals surface area contributed by atoms with Crippen LogP contribution in [0.15, 0.2) is 69.9 Å². The zero-order valence-electron chi connectivity index (χ0n) is 28.2. The summed E-state index contributed by atoms with van der Waals surface area (Å²) in [7, 11) is 0. The van der Waals surface area contributed by atoms with Crippen LogP contribution in [0.4, 0.5) is 0 Å². The molecule has 0 aliphatic carbocycles. The molecule has 294 valence electrons. The number of fused-ring (bicyclic) bond motifs is 1. The van der Waals surface area contributed by atoms with Crippen molar-refractivity contribution in [3.8, 4) is 45.8 Å². The second-order valence-corrected chi connectivity index (χ2v) is 12.6. The molecule has 19 nitrogen and oxygen atoms in total. The molecule has 6 rings (SSSR count). The van der Waals surface area contributed by atoms with Gasteiger partial charge in [-0.05, 0) is 42.0 Å². The Morgan fingerprint density at radius 2 is 1.35 bits per heavy atom. The van der Waals surface area contributed by atoms with Crippen LogP contribution in [-0.2, 0) is 19.0 Å². The lowest BCUT2D eigenvalue weighted by Crippen LogP contribution is -2.60. The highest BCUT2D eigenvalue weighted by molar-refractivity contribution is 5.89. The predicted octanol–water partition coefficient (Wildman–Crippen LogP) is -1.10. The van der Waals surface area contributed by atoms with E-state index in [9.17, 15) is 65.8 Å². The maximum absolute atomic E-state index is 14.0. The Kier molecular flexibility index (Phi) is 11.5. The van der Waals surface area contributed by atoms with Crippen molar-refractivity contribution in [2.24, 2.45) is 0 Å². The molecule has 55 heavy (non-hydrogen) atoms. The van der Waals surface area contributed by atoms with E-state index in [1.54, 1.807) is 0 Å². The lowest BCUT2D eigenvalue weighted by molar-refractivity contribution is -0.278. The van der Waals surface area contributed by atoms with Crippen LogP contribution in [0.5, 0.6) is 34.5 Å². The van der Waals surface area contributed by atoms with Gasteiger partial charge in [-0.3, -0.25) is 4.79 Å². The summed E-state index contributed by atoms with van der Waals surface area (Å²) in [6.07, 6.45) is -15.2. The molecule has 0 unspecified atom stereocenters. The molecule has 0 saturated carbocycles. The summed E-state index contributed by atoms with van der Waals surface area (Å²) in [5.74, 6) is -4.45. The molecule has 2 saturated heterocycles. The molecule has 4 aromatic rings. The van der Waals surface area contributed by atoms with Crippen molar-refractivity contribution in [1.82, 2.24) is 0 Å². The number of esters is 1. The molecule has 2 fully saturated rings. The first-order valence-corrected chi connectivity index (χ1v) is 16.5. The van der Waals surface area contributed by atoms with Crippen LogP contribution in [0.1, 0.15) is 5.56 Å². The topological polar surface area (TPSA) is 316 Å². The Morgan fingerprint density at radius 1 is 0.709 bits per heavy atom. The third kappa shape index (κ3) is 8.15. The number of phenols is 4. The Bertz CT molecular complexity index is 2100. The first-order chi connectivity index (χ1) is 26.2. The minimum atomic E-state index is -2.03. The van der Waals surface area contributed by atoms with E-state index in [4.69, 9.17) is 28.1 Å². The molecule has 0 radical (unpaired) electrons. The van der Waals surface area contributed by atoms with Crippen molar-refractivity contribution in [1.29, 1.82) is 0 Å². The summed E-state index contributed by atoms with van der Waals surface area (Å²) in [6.45, 7) is -1.43. The Hall–Kier alpha value is -5.48. The van der Waals surface area contributed by atoms with Crippen molar-refractivity contribution in [2.75, 3.05) is 13.2 Å². The molecule has 0 amide bonds. The molecule has 2 aliphatic rings. The largest absolute Gasteiger partial charge is 0.508 e. The van der Waals surface area contributed by atoms with Gasteiger partial charge in [0.15, 0.2) is 17.3 Å². The standard InChI is InChI=1S/C36H36O19/c37-12-22-26(43)29(46)31(48)35(53-22)51-17-10-20(41)25-21(11-17)52-33(15-4-7-18(39)19(40)9-15)34(28(25)45)55-36-32(49)30(47)27(44)23(54-36)13-50-24(42)8-3-14-1-5-16(38)6-2-14/h1-11,22-23,26-27,29-32,35-41,43-44,46-49H,12-13H2/t22-,23-,26-,27-,29+,30+,31-,32-,35-,36+/m1/s1. The third-order valence-corrected chi connectivity index (χ3v) is 8.84. The van der Waals surface area contributed by atoms with Gasteiger partial charge in [0.05, 0.1) is 6.61 Å². The summed E-state index contributed by atoms with van der Waals surface area (Å²) >= 11 is 0. The van der Waals surface area contributed by atoms with E-state index in [1.807, 2.05) is 0 Å². The molecule has 0 bridgehead atoms. The number of aliphatic hydroxyl groups excluding tert-OH is 7. The summed E-state index contributed by atoms with van der Waals surface area (Å²) in [4.78, 5) is 26.4. The average Bonchev–Trinajstić information content (AvgIpc) is 3.16. The molecule has 2 aliphatic heterocycles. The van der Waals surface area contributed by atoms with Gasteiger partial charge in [-0.25, -0.2) is 4.79 Å². The van der Waals surface area contributed by atoms with Crippen molar-refractivity contribution in [3.63, 3.8) is 0 Å². The fraction of sp³-hybridized carbons (Fsp3) is 0.333. The van der Waals surface area contributed by atoms with Crippen LogP contribution in [0.25, 0.3) is 28.4 Å². The molecule has 3 heterocycles. The molecule has 0 spiro atoms. The molecule has 1 aromatic heterocycles. The van der Waals surface area contributed by atoms with Crippen LogP contribution in [-0.4, -0.2) is 137 Å². The summed E-state index contributed by atoms with van der Waals surface area (Å²) < 4.78 is 33.4. The van der Waals surface area contributed by atoms with Gasteiger partial charge >= 0.3 is 5.97 Å². The van der Waals surface area contributed by atoms with E-state index in [1.165, 1.54) is 36.4 Å². The number of benzene rings is 3. The van der Waals surface area contributed by atoms with Crippen LogP contribution in [0, 0.1) is 0 Å². The van der Waals surface area contributed by atoms with Gasteiger partial charge in [0.2, 0.25) is 23.8 Å². The van der Waals surface area contributed by atoms with Crippen LogP contribution >= 0.6 is 0 Å². The van der Waals surface area contributed by atoms with Crippen molar-refractivity contribution in [3.05, 3.63) is 76.5 Å². The minimum absolute atomic E-state index is 0.0149. The molecule has 3 aromatic carbocycles. The Morgan fingerprint density at radius 3 is 2.00 bits per heavy atom. The number of carbonyl (C=O) groups excluding carboxylic acids is 1. The summed E-state index contributed by atoms with van der Waals surface area (Å²) in [5.41, 5.74) is -1.07. The first kappa shape index (κ1) is 39.2. The van der Waals surface area contributed by atoms with E-state index in [0.717, 1.165) is 30.3 Å². The van der Waals surface area contributed by atoms with Crippen molar-refractivity contribution in [2.45, 2.75) is 61.4 Å². The average molecular weight is 773 g/mol. The number of hydrogen-bond acceptors (Lipinski definition) is 19. The van der Waals surface area contributed by atoms with Crippen LogP contribution in [0.3, 0.4) is 0 Å². The number of rotatable bonds is 10. The minimum Gasteiger partial charge on any atom is -0.508 e. The normalized spacial score (nSPS) is 28.3. The van der Waals surface area contributed by atoms with E-state index in [0.29, 0.717) is 5.56 Å². The molecule has 19 heteroatoms. The second-order valence-electron chi connectivity index (χ2n) is 12.6. The number of aliphatic hydroxyl groups is 7. The molecule has 11 N–H and O–H groups in total. The molecular formula is C36H36O19. The van der Waals surface area contributed by atoms with Gasteiger partial charge in [-0.15, -0.1) is 0 Å². The van der Waals surface area contributed by atoms with Crippen molar-refractivity contribution >= 4 is 23.0 Å². The fourth-order valence-corrected chi connectivity index (χ4v) is 5.82. The monoisotopic (exact) mass is 772 g/mol. The zero-order valence-corrected chi connectivity index (χ0v) is 28.2. The molecule has 10 atom stereocenters. The van der Waals surface area contributed by atoms with Gasteiger partial charge in [0.1, 0.15) is 83.7 Å². The first-order valence-electron chi connectivity index (χ1n) is 16.5. The van der Waals surface area contributed by atoms with E-state index in [-0.39, 0.29) is 17.1 Å². The SMILES string of the molecule is O=C(C=Cc1ccc(O)cc1)OC[C@H]1O[C@@H](Oc2c(-c3ccc(O)c(O)c3)oc3cc(O[C@@H]4O[C@H](CO)[C@@H](O)[C@H](O)[C@H]4O)cc(O)c3c2=O)[C@H](O)[C@@H](O)[C@@H]1O. The van der Waals surface area contributed by atoms with Crippen LogP contribution < -0.4 is 14.9 Å². The highest BCUT2D eigenvalue weighted by atomic mass is 16.7. The maximum atomic E-state index is 14.0. The van der Waals surface area contributed by atoms with E-state index in [2.05, 4.69) is 0 Å². The van der Waals surface area contributed by atoms with Crippen molar-refractivity contribution < 1.29 is 89.1 Å². The number of phenolic OH excluding ortho intramolecular Hbond substituents is 4. The highest BCUT2D eigenvalue weighted by Crippen LogP contribution is 2.40.